The Bertz CT molecular complexity index is 325. The molecule has 0 aliphatic rings. The lowest BCUT2D eigenvalue weighted by Crippen LogP contribution is -2.09. The molecule has 0 heterocycles. The predicted molar refractivity (Wildman–Crippen MR) is 58.6 cm³/mol. The van der Waals surface area contributed by atoms with Gasteiger partial charge < -0.3 is 9.84 Å². The first kappa shape index (κ1) is 16.3. The van der Waals surface area contributed by atoms with Crippen molar-refractivity contribution in [1.82, 2.24) is 0 Å². The zero-order valence-electron chi connectivity index (χ0n) is 9.23. The van der Waals surface area contributed by atoms with E-state index in [1.165, 1.54) is 13.0 Å². The molecule has 0 aliphatic heterocycles. The third kappa shape index (κ3) is 11.8. The molecule has 0 aromatic carbocycles. The maximum absolute atomic E-state index is 10.5. The van der Waals surface area contributed by atoms with Crippen molar-refractivity contribution in [2.75, 3.05) is 0 Å². The fourth-order valence-electron chi connectivity index (χ4n) is 0.363. The summed E-state index contributed by atoms with van der Waals surface area (Å²) >= 11 is 0. The number of aliphatic carboxylic acids is 1. The minimum absolute atomic E-state index is 0.190. The van der Waals surface area contributed by atoms with Gasteiger partial charge in [-0.05, 0) is 13.8 Å². The first-order chi connectivity index (χ1) is 7.34. The van der Waals surface area contributed by atoms with Gasteiger partial charge in [-0.2, -0.15) is 0 Å². The lowest BCUT2D eigenvalue weighted by atomic mass is 10.4. The first-order valence-corrected chi connectivity index (χ1v) is 4.24. The van der Waals surface area contributed by atoms with Gasteiger partial charge in [0.1, 0.15) is 0 Å². The lowest BCUT2D eigenvalue weighted by Gasteiger charge is -1.95. The molecule has 0 fully saturated rings. The molecule has 5 nitrogen and oxygen atoms in total. The van der Waals surface area contributed by atoms with Crippen molar-refractivity contribution >= 4 is 17.9 Å². The molecular formula is C11H14O5. The second kappa shape index (κ2) is 9.39. The Hall–Kier alpha value is -2.17. The van der Waals surface area contributed by atoms with E-state index in [4.69, 9.17) is 5.11 Å². The van der Waals surface area contributed by atoms with Crippen molar-refractivity contribution in [2.45, 2.75) is 13.8 Å². The summed E-state index contributed by atoms with van der Waals surface area (Å²) in [5.74, 6) is -2.37. The summed E-state index contributed by atoms with van der Waals surface area (Å²) in [4.78, 5) is 30.4. The maximum Gasteiger partial charge on any atom is 0.340 e. The van der Waals surface area contributed by atoms with Crippen molar-refractivity contribution in [1.29, 1.82) is 0 Å². The van der Waals surface area contributed by atoms with Gasteiger partial charge in [0.15, 0.2) is 0 Å². The third-order valence-electron chi connectivity index (χ3n) is 1.02. The first-order valence-electron chi connectivity index (χ1n) is 4.24. The number of hydrogen-bond donors (Lipinski definition) is 1. The molecule has 0 bridgehead atoms. The number of carbonyl (C=O) groups excluding carboxylic acids is 2. The molecule has 88 valence electrons. The molecule has 0 aromatic rings. The van der Waals surface area contributed by atoms with Crippen LogP contribution < -0.4 is 0 Å². The number of ether oxygens (including phenoxy) is 1. The van der Waals surface area contributed by atoms with Crippen molar-refractivity contribution in [3.8, 4) is 0 Å². The van der Waals surface area contributed by atoms with Gasteiger partial charge in [0.05, 0.1) is 0 Å². The zero-order chi connectivity index (χ0) is 13.1. The number of hydrogen-bond acceptors (Lipinski definition) is 4. The average Bonchev–Trinajstić information content (AvgIpc) is 2.18. The van der Waals surface area contributed by atoms with E-state index in [0.717, 1.165) is 12.2 Å². The molecule has 0 atom stereocenters. The topological polar surface area (TPSA) is 80.7 Å². The van der Waals surface area contributed by atoms with Gasteiger partial charge in [-0.15, -0.1) is 0 Å². The van der Waals surface area contributed by atoms with Gasteiger partial charge in [-0.25, -0.2) is 14.4 Å². The van der Waals surface area contributed by atoms with E-state index in [0.29, 0.717) is 0 Å². The van der Waals surface area contributed by atoms with E-state index < -0.39 is 17.9 Å². The molecule has 0 saturated carbocycles. The standard InChI is InChI=1S/C7H8O3.C4H6O2/c1-4-6(8)10-7(9)5(2)3;1-2-3-4(5)6/h4H,1-2H2,3H3;2-3H,1H3,(H,5,6). The third-order valence-corrected chi connectivity index (χ3v) is 1.02. The van der Waals surface area contributed by atoms with Gasteiger partial charge in [0.25, 0.3) is 0 Å². The van der Waals surface area contributed by atoms with Gasteiger partial charge in [-0.3, -0.25) is 0 Å². The van der Waals surface area contributed by atoms with Crippen molar-refractivity contribution in [3.63, 3.8) is 0 Å². The Labute approximate surface area is 93.7 Å². The van der Waals surface area contributed by atoms with Crippen molar-refractivity contribution in [2.24, 2.45) is 0 Å². The zero-order valence-corrected chi connectivity index (χ0v) is 9.23. The number of rotatable bonds is 3. The number of carboxylic acid groups (broad SMARTS) is 1. The molecule has 0 amide bonds. The van der Waals surface area contributed by atoms with Gasteiger partial charge in [0, 0.05) is 17.7 Å². The van der Waals surface area contributed by atoms with Crippen LogP contribution in [0.4, 0.5) is 0 Å². The lowest BCUT2D eigenvalue weighted by molar-refractivity contribution is -0.153. The van der Waals surface area contributed by atoms with E-state index in [-0.39, 0.29) is 5.57 Å². The SMILES string of the molecule is C=CC(=O)OC(=O)C(=C)C.CC=CC(=O)O. The highest BCUT2D eigenvalue weighted by atomic mass is 16.6. The second-order valence-corrected chi connectivity index (χ2v) is 2.53. The number of allylic oxidation sites excluding steroid dienone is 1. The Morgan fingerprint density at radius 3 is 2.00 bits per heavy atom. The highest BCUT2D eigenvalue weighted by molar-refractivity contribution is 5.98. The van der Waals surface area contributed by atoms with Crippen LogP contribution >= 0.6 is 0 Å². The van der Waals surface area contributed by atoms with Crippen LogP contribution in [-0.4, -0.2) is 23.0 Å². The maximum atomic E-state index is 10.5. The van der Waals surface area contributed by atoms with Crippen molar-refractivity contribution < 1.29 is 24.2 Å². The van der Waals surface area contributed by atoms with Crippen molar-refractivity contribution in [3.05, 3.63) is 37.0 Å². The largest absolute Gasteiger partial charge is 0.478 e. The Kier molecular flexibility index (Phi) is 9.54. The van der Waals surface area contributed by atoms with E-state index in [1.54, 1.807) is 6.92 Å². The number of carboxylic acids is 1. The molecule has 0 aliphatic carbocycles. The molecular weight excluding hydrogens is 212 g/mol. The predicted octanol–water partition coefficient (Wildman–Crippen LogP) is 1.47. The summed E-state index contributed by atoms with van der Waals surface area (Å²) in [6, 6.07) is 0. The van der Waals surface area contributed by atoms with Crippen LogP contribution in [0.3, 0.4) is 0 Å². The molecule has 0 rings (SSSR count). The van der Waals surface area contributed by atoms with Crippen LogP contribution in [0.2, 0.25) is 0 Å². The minimum atomic E-state index is -0.891. The van der Waals surface area contributed by atoms with E-state index in [1.807, 2.05) is 0 Å². The van der Waals surface area contributed by atoms with Crippen LogP contribution in [0.1, 0.15) is 13.8 Å². The summed E-state index contributed by atoms with van der Waals surface area (Å²) < 4.78 is 4.17. The minimum Gasteiger partial charge on any atom is -0.478 e. The molecule has 0 unspecified atom stereocenters. The Morgan fingerprint density at radius 2 is 1.81 bits per heavy atom. The van der Waals surface area contributed by atoms with Gasteiger partial charge in [-0.1, -0.05) is 19.2 Å². The average molecular weight is 226 g/mol. The smallest absolute Gasteiger partial charge is 0.340 e. The summed E-state index contributed by atoms with van der Waals surface area (Å²) in [6.07, 6.45) is 3.48. The van der Waals surface area contributed by atoms with Crippen LogP contribution in [0.5, 0.6) is 0 Å². The van der Waals surface area contributed by atoms with Crippen LogP contribution in [0.15, 0.2) is 37.0 Å². The molecule has 0 spiro atoms. The quantitative estimate of drug-likeness (QED) is 0.447. The number of carbonyl (C=O) groups is 3. The summed E-state index contributed by atoms with van der Waals surface area (Å²) in [7, 11) is 0. The summed E-state index contributed by atoms with van der Waals surface area (Å²) in [5, 5.41) is 7.83. The molecule has 0 aromatic heterocycles. The molecule has 5 heteroatoms. The molecule has 0 saturated heterocycles. The number of esters is 2. The molecule has 16 heavy (non-hydrogen) atoms. The van der Waals surface area contributed by atoms with Gasteiger partial charge >= 0.3 is 17.9 Å². The van der Waals surface area contributed by atoms with E-state index in [9.17, 15) is 14.4 Å². The molecule has 1 N–H and O–H groups in total. The Balaban J connectivity index is 0. The monoisotopic (exact) mass is 226 g/mol. The van der Waals surface area contributed by atoms with Crippen LogP contribution in [0, 0.1) is 0 Å². The van der Waals surface area contributed by atoms with E-state index in [2.05, 4.69) is 17.9 Å². The van der Waals surface area contributed by atoms with Crippen LogP contribution in [0.25, 0.3) is 0 Å². The highest BCUT2D eigenvalue weighted by Gasteiger charge is 2.06. The second-order valence-electron chi connectivity index (χ2n) is 2.53. The van der Waals surface area contributed by atoms with Gasteiger partial charge in [0.2, 0.25) is 0 Å². The summed E-state index contributed by atoms with van der Waals surface area (Å²) in [6.45, 7) is 9.52. The normalized spacial score (nSPS) is 8.62. The van der Waals surface area contributed by atoms with E-state index >= 15 is 0 Å². The molecule has 0 radical (unpaired) electrons. The fourth-order valence-corrected chi connectivity index (χ4v) is 0.363. The summed E-state index contributed by atoms with van der Waals surface area (Å²) in [5.41, 5.74) is 0.190. The van der Waals surface area contributed by atoms with Crippen LogP contribution in [-0.2, 0) is 19.1 Å². The highest BCUT2D eigenvalue weighted by Crippen LogP contribution is 1.92. The fraction of sp³-hybridized carbons (Fsp3) is 0.182. The Morgan fingerprint density at radius 1 is 1.31 bits per heavy atom.